The Bertz CT molecular complexity index is 157. The van der Waals surface area contributed by atoms with Gasteiger partial charge in [-0.15, -0.1) is 0 Å². The van der Waals surface area contributed by atoms with Gasteiger partial charge in [-0.3, -0.25) is 4.79 Å². The third-order valence-corrected chi connectivity index (χ3v) is 1.59. The standard InChI is InChI=1S/C5H8N2OS/c6-3-1-2-4(9)7-5(3)8/h3H,1-2,6H2,(H,7,8,9). The van der Waals surface area contributed by atoms with Gasteiger partial charge >= 0.3 is 0 Å². The minimum absolute atomic E-state index is 0.147. The van der Waals surface area contributed by atoms with Gasteiger partial charge in [0.05, 0.1) is 11.0 Å². The maximum Gasteiger partial charge on any atom is 0.241 e. The average molecular weight is 144 g/mol. The van der Waals surface area contributed by atoms with E-state index in [1.807, 2.05) is 0 Å². The molecule has 0 aromatic heterocycles. The summed E-state index contributed by atoms with van der Waals surface area (Å²) in [6.45, 7) is 0. The number of thiocarbonyl (C=S) groups is 1. The van der Waals surface area contributed by atoms with Gasteiger partial charge in [0.15, 0.2) is 0 Å². The Morgan fingerprint density at radius 2 is 2.44 bits per heavy atom. The molecule has 1 saturated heterocycles. The molecule has 50 valence electrons. The Hall–Kier alpha value is -0.480. The van der Waals surface area contributed by atoms with Gasteiger partial charge < -0.3 is 11.1 Å². The summed E-state index contributed by atoms with van der Waals surface area (Å²) in [5.41, 5.74) is 5.37. The Morgan fingerprint density at radius 3 is 2.89 bits per heavy atom. The first kappa shape index (κ1) is 6.64. The van der Waals surface area contributed by atoms with Crippen LogP contribution in [0.25, 0.3) is 0 Å². The predicted octanol–water partition coefficient (Wildman–Crippen LogP) is -0.449. The summed E-state index contributed by atoms with van der Waals surface area (Å²) in [7, 11) is 0. The van der Waals surface area contributed by atoms with Crippen LogP contribution in [0, 0.1) is 0 Å². The van der Waals surface area contributed by atoms with E-state index < -0.39 is 0 Å². The van der Waals surface area contributed by atoms with E-state index in [1.165, 1.54) is 0 Å². The molecule has 1 aliphatic rings. The predicted molar refractivity (Wildman–Crippen MR) is 38.0 cm³/mol. The largest absolute Gasteiger partial charge is 0.320 e. The number of carbonyl (C=O) groups is 1. The fourth-order valence-corrected chi connectivity index (χ4v) is 0.929. The van der Waals surface area contributed by atoms with Gasteiger partial charge in [0, 0.05) is 6.42 Å². The van der Waals surface area contributed by atoms with Crippen LogP contribution in [0.4, 0.5) is 0 Å². The molecule has 9 heavy (non-hydrogen) atoms. The Labute approximate surface area is 58.6 Å². The molecule has 1 unspecified atom stereocenters. The highest BCUT2D eigenvalue weighted by Crippen LogP contribution is 2.01. The van der Waals surface area contributed by atoms with Crippen molar-refractivity contribution in [3.05, 3.63) is 0 Å². The van der Waals surface area contributed by atoms with E-state index in [0.717, 1.165) is 6.42 Å². The Balaban J connectivity index is 2.54. The van der Waals surface area contributed by atoms with E-state index in [2.05, 4.69) is 5.32 Å². The molecule has 1 rings (SSSR count). The highest BCUT2D eigenvalue weighted by molar-refractivity contribution is 7.80. The first-order valence-corrected chi connectivity index (χ1v) is 3.20. The molecule has 0 aromatic rings. The molecular weight excluding hydrogens is 136 g/mol. The van der Waals surface area contributed by atoms with Crippen molar-refractivity contribution in [1.82, 2.24) is 5.32 Å². The number of hydrogen-bond donors (Lipinski definition) is 2. The first-order chi connectivity index (χ1) is 4.20. The maximum atomic E-state index is 10.7. The molecule has 0 aromatic carbocycles. The zero-order valence-electron chi connectivity index (χ0n) is 4.89. The molecule has 1 fully saturated rings. The number of piperidine rings is 1. The van der Waals surface area contributed by atoms with Gasteiger partial charge in [0.2, 0.25) is 5.91 Å². The zero-order chi connectivity index (χ0) is 6.85. The molecule has 4 heteroatoms. The summed E-state index contributed by atoms with van der Waals surface area (Å²) < 4.78 is 0. The number of amides is 1. The van der Waals surface area contributed by atoms with E-state index in [4.69, 9.17) is 18.0 Å². The minimum atomic E-state index is -0.350. The molecule has 3 nitrogen and oxygen atoms in total. The summed E-state index contributed by atoms with van der Waals surface area (Å²) in [4.78, 5) is 11.3. The zero-order valence-corrected chi connectivity index (χ0v) is 5.70. The van der Waals surface area contributed by atoms with Gasteiger partial charge in [-0.05, 0) is 6.42 Å². The van der Waals surface area contributed by atoms with E-state index >= 15 is 0 Å². The number of hydrogen-bond acceptors (Lipinski definition) is 3. The molecule has 1 heterocycles. The van der Waals surface area contributed by atoms with E-state index in [1.54, 1.807) is 0 Å². The molecule has 0 radical (unpaired) electrons. The summed E-state index contributed by atoms with van der Waals surface area (Å²) >= 11 is 4.75. The second kappa shape index (κ2) is 2.41. The lowest BCUT2D eigenvalue weighted by Crippen LogP contribution is -2.47. The van der Waals surface area contributed by atoms with Crippen molar-refractivity contribution in [3.63, 3.8) is 0 Å². The van der Waals surface area contributed by atoms with Crippen molar-refractivity contribution >= 4 is 23.1 Å². The number of carbonyl (C=O) groups excluding carboxylic acids is 1. The highest BCUT2D eigenvalue weighted by atomic mass is 32.1. The average Bonchev–Trinajstić information content (AvgIpc) is 1.80. The summed E-state index contributed by atoms with van der Waals surface area (Å²) in [5, 5.41) is 2.50. The van der Waals surface area contributed by atoms with Gasteiger partial charge in [0.25, 0.3) is 0 Å². The lowest BCUT2D eigenvalue weighted by atomic mass is 10.1. The molecule has 1 aliphatic heterocycles. The Kier molecular flexibility index (Phi) is 1.78. The molecule has 0 saturated carbocycles. The third kappa shape index (κ3) is 1.46. The quantitative estimate of drug-likeness (QED) is 0.453. The number of rotatable bonds is 0. The van der Waals surface area contributed by atoms with Crippen molar-refractivity contribution in [2.45, 2.75) is 18.9 Å². The van der Waals surface area contributed by atoms with Crippen LogP contribution in [0.3, 0.4) is 0 Å². The minimum Gasteiger partial charge on any atom is -0.320 e. The van der Waals surface area contributed by atoms with Crippen LogP contribution in [0.15, 0.2) is 0 Å². The van der Waals surface area contributed by atoms with Crippen LogP contribution in [-0.4, -0.2) is 16.9 Å². The van der Waals surface area contributed by atoms with Crippen molar-refractivity contribution in [3.8, 4) is 0 Å². The summed E-state index contributed by atoms with van der Waals surface area (Å²) in [6.07, 6.45) is 1.42. The van der Waals surface area contributed by atoms with E-state index in [-0.39, 0.29) is 11.9 Å². The second-order valence-corrected chi connectivity index (χ2v) is 2.55. The molecule has 0 bridgehead atoms. The van der Waals surface area contributed by atoms with E-state index in [9.17, 15) is 4.79 Å². The molecule has 0 aliphatic carbocycles. The smallest absolute Gasteiger partial charge is 0.241 e. The van der Waals surface area contributed by atoms with Crippen molar-refractivity contribution in [1.29, 1.82) is 0 Å². The lowest BCUT2D eigenvalue weighted by Gasteiger charge is -2.17. The van der Waals surface area contributed by atoms with Crippen LogP contribution < -0.4 is 11.1 Å². The normalized spacial score (nSPS) is 27.9. The topological polar surface area (TPSA) is 55.1 Å². The lowest BCUT2D eigenvalue weighted by molar-refractivity contribution is -0.121. The Morgan fingerprint density at radius 1 is 1.78 bits per heavy atom. The fourth-order valence-electron chi connectivity index (χ4n) is 0.710. The number of nitrogens with two attached hydrogens (primary N) is 1. The number of nitrogens with one attached hydrogen (secondary N) is 1. The molecular formula is C5H8N2OS. The molecule has 1 amide bonds. The summed E-state index contributed by atoms with van der Waals surface area (Å²) in [5.74, 6) is -0.147. The van der Waals surface area contributed by atoms with Gasteiger partial charge in [0.1, 0.15) is 0 Å². The fraction of sp³-hybridized carbons (Fsp3) is 0.600. The second-order valence-electron chi connectivity index (χ2n) is 2.06. The molecule has 3 N–H and O–H groups in total. The van der Waals surface area contributed by atoms with Gasteiger partial charge in [-0.25, -0.2) is 0 Å². The SMILES string of the molecule is NC1CCC(=S)NC1=O. The third-order valence-electron chi connectivity index (χ3n) is 1.28. The van der Waals surface area contributed by atoms with Crippen LogP contribution in [-0.2, 0) is 4.79 Å². The maximum absolute atomic E-state index is 10.7. The highest BCUT2D eigenvalue weighted by Gasteiger charge is 2.19. The van der Waals surface area contributed by atoms with Crippen LogP contribution in [0.1, 0.15) is 12.8 Å². The molecule has 0 spiro atoms. The van der Waals surface area contributed by atoms with Gasteiger partial charge in [-0.1, -0.05) is 12.2 Å². The van der Waals surface area contributed by atoms with Crippen molar-refractivity contribution in [2.24, 2.45) is 5.73 Å². The van der Waals surface area contributed by atoms with E-state index in [0.29, 0.717) is 11.4 Å². The van der Waals surface area contributed by atoms with Crippen molar-refractivity contribution in [2.75, 3.05) is 0 Å². The monoisotopic (exact) mass is 144 g/mol. The molecule has 1 atom stereocenters. The van der Waals surface area contributed by atoms with Crippen LogP contribution in [0.5, 0.6) is 0 Å². The van der Waals surface area contributed by atoms with Crippen LogP contribution in [0.2, 0.25) is 0 Å². The first-order valence-electron chi connectivity index (χ1n) is 2.79. The summed E-state index contributed by atoms with van der Waals surface area (Å²) in [6, 6.07) is -0.350. The van der Waals surface area contributed by atoms with Gasteiger partial charge in [-0.2, -0.15) is 0 Å². The van der Waals surface area contributed by atoms with Crippen LogP contribution >= 0.6 is 12.2 Å². The van der Waals surface area contributed by atoms with Crippen molar-refractivity contribution < 1.29 is 4.79 Å².